The smallest absolute Gasteiger partial charge is 0.276 e. The van der Waals surface area contributed by atoms with Crippen LogP contribution in [0.3, 0.4) is 0 Å². The van der Waals surface area contributed by atoms with Gasteiger partial charge >= 0.3 is 0 Å². The van der Waals surface area contributed by atoms with Crippen LogP contribution >= 0.6 is 0 Å². The molecule has 0 spiro atoms. The lowest BCUT2D eigenvalue weighted by atomic mass is 10.1. The van der Waals surface area contributed by atoms with Crippen molar-refractivity contribution in [3.05, 3.63) is 41.5 Å². The molecule has 0 radical (unpaired) electrons. The van der Waals surface area contributed by atoms with E-state index in [9.17, 15) is 14.3 Å². The molecule has 2 aliphatic rings. The molecule has 2 fully saturated rings. The summed E-state index contributed by atoms with van der Waals surface area (Å²) in [5, 5.41) is 17.5. The summed E-state index contributed by atoms with van der Waals surface area (Å²) in [4.78, 5) is 14.0. The molecule has 1 saturated carbocycles. The highest BCUT2D eigenvalue weighted by Gasteiger charge is 2.38. The SMILES string of the molecule is O=C(c1nnn(-c2ccc(F)cc2)c1C1CC1)N1CC(O)C1. The summed E-state index contributed by atoms with van der Waals surface area (Å²) < 4.78 is 14.7. The number of aromatic nitrogens is 3. The van der Waals surface area contributed by atoms with Crippen LogP contribution in [0, 0.1) is 5.82 Å². The minimum absolute atomic E-state index is 0.194. The molecule has 2 aromatic rings. The van der Waals surface area contributed by atoms with Gasteiger partial charge in [0.1, 0.15) is 5.82 Å². The molecule has 1 aliphatic heterocycles. The summed E-state index contributed by atoms with van der Waals surface area (Å²) in [5.41, 5.74) is 1.83. The zero-order chi connectivity index (χ0) is 15.3. The van der Waals surface area contributed by atoms with E-state index in [-0.39, 0.29) is 17.6 Å². The van der Waals surface area contributed by atoms with Crippen LogP contribution in [-0.4, -0.2) is 50.1 Å². The molecule has 1 saturated heterocycles. The highest BCUT2D eigenvalue weighted by atomic mass is 19.1. The van der Waals surface area contributed by atoms with E-state index < -0.39 is 6.10 Å². The Morgan fingerprint density at radius 1 is 1.23 bits per heavy atom. The van der Waals surface area contributed by atoms with Crippen molar-refractivity contribution in [2.24, 2.45) is 0 Å². The fourth-order valence-electron chi connectivity index (χ4n) is 2.71. The van der Waals surface area contributed by atoms with Gasteiger partial charge < -0.3 is 10.0 Å². The van der Waals surface area contributed by atoms with E-state index in [0.717, 1.165) is 18.5 Å². The molecule has 1 amide bonds. The minimum Gasteiger partial charge on any atom is -0.389 e. The molecule has 0 bridgehead atoms. The molecule has 22 heavy (non-hydrogen) atoms. The number of halogens is 1. The Balaban J connectivity index is 1.71. The highest BCUT2D eigenvalue weighted by molar-refractivity contribution is 5.94. The number of benzene rings is 1. The second kappa shape index (κ2) is 4.88. The van der Waals surface area contributed by atoms with Crippen LogP contribution in [0.5, 0.6) is 0 Å². The lowest BCUT2D eigenvalue weighted by Crippen LogP contribution is -2.53. The van der Waals surface area contributed by atoms with Crippen molar-refractivity contribution in [2.45, 2.75) is 24.9 Å². The fraction of sp³-hybridized carbons (Fsp3) is 0.400. The van der Waals surface area contributed by atoms with Crippen molar-refractivity contribution >= 4 is 5.91 Å². The van der Waals surface area contributed by atoms with Crippen molar-refractivity contribution in [1.29, 1.82) is 0 Å². The van der Waals surface area contributed by atoms with Crippen molar-refractivity contribution in [3.8, 4) is 5.69 Å². The summed E-state index contributed by atoms with van der Waals surface area (Å²) in [6.07, 6.45) is 1.55. The number of hydrogen-bond donors (Lipinski definition) is 1. The van der Waals surface area contributed by atoms with E-state index in [1.807, 2.05) is 0 Å². The highest BCUT2D eigenvalue weighted by Crippen LogP contribution is 2.42. The molecular formula is C15H15FN4O2. The van der Waals surface area contributed by atoms with Gasteiger partial charge in [0, 0.05) is 19.0 Å². The first-order chi connectivity index (χ1) is 10.6. The molecule has 1 N–H and O–H groups in total. The molecule has 2 heterocycles. The topological polar surface area (TPSA) is 71.2 Å². The third kappa shape index (κ3) is 2.18. The van der Waals surface area contributed by atoms with Crippen LogP contribution < -0.4 is 0 Å². The van der Waals surface area contributed by atoms with Gasteiger partial charge in [0.05, 0.1) is 17.5 Å². The van der Waals surface area contributed by atoms with E-state index in [4.69, 9.17) is 0 Å². The van der Waals surface area contributed by atoms with Crippen molar-refractivity contribution < 1.29 is 14.3 Å². The third-order valence-electron chi connectivity index (χ3n) is 4.09. The molecule has 0 atom stereocenters. The number of hydrogen-bond acceptors (Lipinski definition) is 4. The lowest BCUT2D eigenvalue weighted by Gasteiger charge is -2.35. The van der Waals surface area contributed by atoms with Crippen molar-refractivity contribution in [1.82, 2.24) is 19.9 Å². The number of carbonyl (C=O) groups excluding carboxylic acids is 1. The minimum atomic E-state index is -0.444. The van der Waals surface area contributed by atoms with Crippen molar-refractivity contribution in [3.63, 3.8) is 0 Å². The molecule has 114 valence electrons. The van der Waals surface area contributed by atoms with E-state index in [2.05, 4.69) is 10.3 Å². The molecule has 1 aromatic carbocycles. The maximum atomic E-state index is 13.1. The van der Waals surface area contributed by atoms with Crippen LogP contribution in [0.1, 0.15) is 34.9 Å². The largest absolute Gasteiger partial charge is 0.389 e. The Bertz CT molecular complexity index is 718. The first-order valence-electron chi connectivity index (χ1n) is 7.32. The third-order valence-corrected chi connectivity index (χ3v) is 4.09. The summed E-state index contributed by atoms with van der Waals surface area (Å²) in [5.74, 6) is -0.242. The van der Waals surface area contributed by atoms with Crippen LogP contribution in [0.4, 0.5) is 4.39 Å². The van der Waals surface area contributed by atoms with Gasteiger partial charge in [-0.2, -0.15) is 0 Å². The number of amides is 1. The first-order valence-corrected chi connectivity index (χ1v) is 7.32. The van der Waals surface area contributed by atoms with Gasteiger partial charge in [0.25, 0.3) is 5.91 Å². The number of aliphatic hydroxyl groups is 1. The Kier molecular flexibility index (Phi) is 2.97. The molecule has 0 unspecified atom stereocenters. The van der Waals surface area contributed by atoms with Crippen LogP contribution in [-0.2, 0) is 0 Å². The summed E-state index contributed by atoms with van der Waals surface area (Å²) in [6.45, 7) is 0.679. The molecule has 7 heteroatoms. The standard InChI is InChI=1S/C15H15FN4O2/c16-10-3-5-11(6-4-10)20-14(9-1-2-9)13(17-18-20)15(22)19-7-12(21)8-19/h3-6,9,12,21H,1-2,7-8H2. The zero-order valence-corrected chi connectivity index (χ0v) is 11.8. The van der Waals surface area contributed by atoms with Gasteiger partial charge in [-0.05, 0) is 37.1 Å². The molecule has 6 nitrogen and oxygen atoms in total. The second-order valence-corrected chi connectivity index (χ2v) is 5.85. The summed E-state index contributed by atoms with van der Waals surface area (Å²) in [7, 11) is 0. The van der Waals surface area contributed by atoms with E-state index in [1.165, 1.54) is 12.1 Å². The summed E-state index contributed by atoms with van der Waals surface area (Å²) in [6, 6.07) is 5.97. The van der Waals surface area contributed by atoms with E-state index >= 15 is 0 Å². The molecule has 4 rings (SSSR count). The van der Waals surface area contributed by atoms with Crippen LogP contribution in [0.25, 0.3) is 5.69 Å². The van der Waals surface area contributed by atoms with Gasteiger partial charge in [-0.15, -0.1) is 5.10 Å². The van der Waals surface area contributed by atoms with Gasteiger partial charge in [0.2, 0.25) is 0 Å². The monoisotopic (exact) mass is 302 g/mol. The zero-order valence-electron chi connectivity index (χ0n) is 11.8. The van der Waals surface area contributed by atoms with Gasteiger partial charge in [-0.25, -0.2) is 9.07 Å². The number of likely N-dealkylation sites (tertiary alicyclic amines) is 1. The Labute approximate surface area is 126 Å². The van der Waals surface area contributed by atoms with Gasteiger partial charge in [0.15, 0.2) is 5.69 Å². The van der Waals surface area contributed by atoms with Gasteiger partial charge in [-0.3, -0.25) is 4.79 Å². The van der Waals surface area contributed by atoms with Crippen LogP contribution in [0.2, 0.25) is 0 Å². The normalized spacial score (nSPS) is 18.4. The average Bonchev–Trinajstić information content (AvgIpc) is 3.23. The maximum Gasteiger partial charge on any atom is 0.276 e. The Hall–Kier alpha value is -2.28. The van der Waals surface area contributed by atoms with Crippen LogP contribution in [0.15, 0.2) is 24.3 Å². The maximum absolute atomic E-state index is 13.1. The number of rotatable bonds is 3. The Morgan fingerprint density at radius 3 is 2.50 bits per heavy atom. The number of β-amino-alcohol motifs (C(OH)–C–C–N with tert-alkyl or cyclic N) is 1. The quantitative estimate of drug-likeness (QED) is 0.921. The Morgan fingerprint density at radius 2 is 1.91 bits per heavy atom. The number of carbonyl (C=O) groups is 1. The molecule has 1 aliphatic carbocycles. The van der Waals surface area contributed by atoms with E-state index in [1.54, 1.807) is 21.7 Å². The van der Waals surface area contributed by atoms with E-state index in [0.29, 0.717) is 24.5 Å². The predicted molar refractivity (Wildman–Crippen MR) is 75.2 cm³/mol. The second-order valence-electron chi connectivity index (χ2n) is 5.85. The molecular weight excluding hydrogens is 287 g/mol. The number of aliphatic hydroxyl groups excluding tert-OH is 1. The van der Waals surface area contributed by atoms with Crippen molar-refractivity contribution in [2.75, 3.05) is 13.1 Å². The van der Waals surface area contributed by atoms with Gasteiger partial charge in [-0.1, -0.05) is 5.21 Å². The number of nitrogens with zero attached hydrogens (tertiary/aromatic N) is 4. The lowest BCUT2D eigenvalue weighted by molar-refractivity contribution is 0.00541. The predicted octanol–water partition coefficient (Wildman–Crippen LogP) is 1.10. The summed E-state index contributed by atoms with van der Waals surface area (Å²) >= 11 is 0. The average molecular weight is 302 g/mol. The first kappa shape index (κ1) is 13.4. The fourth-order valence-corrected chi connectivity index (χ4v) is 2.71. The molecule has 1 aromatic heterocycles.